The molecule has 4 aromatic carbocycles. The predicted molar refractivity (Wildman–Crippen MR) is 181 cm³/mol. The van der Waals surface area contributed by atoms with Gasteiger partial charge in [-0.25, -0.2) is 8.42 Å². The number of aryl methyl sites for hydroxylation is 4. The number of nitrogens with one attached hydrogen (secondary N) is 1. The van der Waals surface area contributed by atoms with Crippen LogP contribution in [0.2, 0.25) is 0 Å². The summed E-state index contributed by atoms with van der Waals surface area (Å²) in [6.07, 6.45) is 1.02. The molecule has 236 valence electrons. The molecule has 0 aliphatic heterocycles. The smallest absolute Gasteiger partial charge is 0.264 e. The Hall–Kier alpha value is -4.43. The maximum Gasteiger partial charge on any atom is 0.264 e. The van der Waals surface area contributed by atoms with Gasteiger partial charge in [-0.05, 0) is 80.6 Å². The number of nitrogens with zero attached hydrogens (tertiary/aromatic N) is 2. The van der Waals surface area contributed by atoms with E-state index in [9.17, 15) is 18.0 Å². The summed E-state index contributed by atoms with van der Waals surface area (Å²) >= 11 is 0. The van der Waals surface area contributed by atoms with Crippen molar-refractivity contribution in [1.82, 2.24) is 10.2 Å². The molecule has 0 spiro atoms. The summed E-state index contributed by atoms with van der Waals surface area (Å²) < 4.78 is 29.6. The molecule has 7 nitrogen and oxygen atoms in total. The summed E-state index contributed by atoms with van der Waals surface area (Å²) in [5.41, 5.74) is 5.99. The van der Waals surface area contributed by atoms with Crippen LogP contribution in [0.5, 0.6) is 0 Å². The first-order valence-corrected chi connectivity index (χ1v) is 16.8. The van der Waals surface area contributed by atoms with Crippen molar-refractivity contribution in [3.63, 3.8) is 0 Å². The van der Waals surface area contributed by atoms with Gasteiger partial charge in [0.1, 0.15) is 12.6 Å². The number of carbonyl (C=O) groups is 2. The zero-order valence-electron chi connectivity index (χ0n) is 26.8. The Balaban J connectivity index is 1.81. The summed E-state index contributed by atoms with van der Waals surface area (Å²) in [5.74, 6) is -0.751. The Morgan fingerprint density at radius 1 is 0.756 bits per heavy atom. The second-order valence-electron chi connectivity index (χ2n) is 11.6. The molecule has 4 aromatic rings. The largest absolute Gasteiger partial charge is 0.354 e. The number of anilines is 1. The summed E-state index contributed by atoms with van der Waals surface area (Å²) in [4.78, 5) is 29.9. The molecule has 0 saturated carbocycles. The summed E-state index contributed by atoms with van der Waals surface area (Å²) in [6, 6.07) is 28.5. The van der Waals surface area contributed by atoms with Gasteiger partial charge in [-0.3, -0.25) is 13.9 Å². The van der Waals surface area contributed by atoms with Crippen molar-refractivity contribution in [1.29, 1.82) is 0 Å². The van der Waals surface area contributed by atoms with E-state index in [0.29, 0.717) is 12.2 Å². The molecule has 0 bridgehead atoms. The number of sulfonamides is 1. The van der Waals surface area contributed by atoms with Gasteiger partial charge in [-0.15, -0.1) is 0 Å². The van der Waals surface area contributed by atoms with E-state index in [0.717, 1.165) is 39.8 Å². The summed E-state index contributed by atoms with van der Waals surface area (Å²) in [6.45, 7) is 9.83. The topological polar surface area (TPSA) is 86.8 Å². The molecule has 0 fully saturated rings. The van der Waals surface area contributed by atoms with Crippen molar-refractivity contribution in [2.75, 3.05) is 17.4 Å². The van der Waals surface area contributed by atoms with E-state index in [1.807, 2.05) is 95.3 Å². The van der Waals surface area contributed by atoms with Crippen molar-refractivity contribution in [3.8, 4) is 0 Å². The van der Waals surface area contributed by atoms with Crippen LogP contribution in [0.15, 0.2) is 102 Å². The maximum atomic E-state index is 14.5. The third-order valence-electron chi connectivity index (χ3n) is 7.92. The normalized spacial score (nSPS) is 11.9. The maximum absolute atomic E-state index is 14.5. The fourth-order valence-corrected chi connectivity index (χ4v) is 6.58. The van der Waals surface area contributed by atoms with Crippen molar-refractivity contribution >= 4 is 27.5 Å². The number of carbonyl (C=O) groups excluding carboxylic acids is 2. The van der Waals surface area contributed by atoms with Gasteiger partial charge in [0, 0.05) is 19.5 Å². The Morgan fingerprint density at radius 2 is 1.44 bits per heavy atom. The second kappa shape index (κ2) is 15.0. The Bertz CT molecular complexity index is 1720. The van der Waals surface area contributed by atoms with Crippen LogP contribution in [0.4, 0.5) is 5.69 Å². The SMILES string of the molecule is CCCNC(=O)C(Cc1ccccc1)N(Cc1cccc(C)c1)C(=O)CN(c1ccc(C)c(C)c1)S(=O)(=O)c1ccc(C)cc1. The number of hydrogen-bond donors (Lipinski definition) is 1. The van der Waals surface area contributed by atoms with Crippen LogP contribution in [0.25, 0.3) is 0 Å². The molecular formula is C37H43N3O4S. The van der Waals surface area contributed by atoms with E-state index in [2.05, 4.69) is 5.32 Å². The number of rotatable bonds is 13. The number of amides is 2. The van der Waals surface area contributed by atoms with E-state index in [-0.39, 0.29) is 23.8 Å². The lowest BCUT2D eigenvalue weighted by Crippen LogP contribution is -2.53. The highest BCUT2D eigenvalue weighted by molar-refractivity contribution is 7.92. The zero-order chi connectivity index (χ0) is 32.6. The first-order valence-electron chi connectivity index (χ1n) is 15.3. The standard InChI is InChI=1S/C37H43N3O4S/c1-6-21-38-37(42)35(24-31-12-8-7-9-13-31)39(25-32-14-10-11-28(3)22-32)36(41)26-40(33-18-17-29(4)30(5)23-33)45(43,44)34-19-15-27(2)16-20-34/h7-20,22-23,35H,6,21,24-26H2,1-5H3,(H,38,42). The van der Waals surface area contributed by atoms with Gasteiger partial charge in [0.2, 0.25) is 11.8 Å². The van der Waals surface area contributed by atoms with Crippen LogP contribution in [0.1, 0.15) is 46.7 Å². The first kappa shape index (κ1) is 33.5. The average Bonchev–Trinajstić information content (AvgIpc) is 3.02. The minimum atomic E-state index is -4.14. The van der Waals surface area contributed by atoms with Crippen molar-refractivity contribution in [3.05, 3.63) is 130 Å². The number of benzene rings is 4. The van der Waals surface area contributed by atoms with Gasteiger partial charge in [0.25, 0.3) is 10.0 Å². The third-order valence-corrected chi connectivity index (χ3v) is 9.71. The van der Waals surface area contributed by atoms with E-state index < -0.39 is 28.5 Å². The lowest BCUT2D eigenvalue weighted by molar-refractivity contribution is -0.140. The minimum Gasteiger partial charge on any atom is -0.354 e. The Morgan fingerprint density at radius 3 is 2.09 bits per heavy atom. The van der Waals surface area contributed by atoms with Crippen molar-refractivity contribution in [2.24, 2.45) is 0 Å². The lowest BCUT2D eigenvalue weighted by Gasteiger charge is -2.34. The molecule has 4 rings (SSSR count). The molecule has 0 aliphatic rings. The molecule has 8 heteroatoms. The molecule has 1 atom stereocenters. The van der Waals surface area contributed by atoms with Gasteiger partial charge in [0.15, 0.2) is 0 Å². The van der Waals surface area contributed by atoms with Gasteiger partial charge in [0.05, 0.1) is 10.6 Å². The summed E-state index contributed by atoms with van der Waals surface area (Å²) in [7, 11) is -4.14. The van der Waals surface area contributed by atoms with Crippen LogP contribution in [-0.4, -0.2) is 44.3 Å². The fraction of sp³-hybridized carbons (Fsp3) is 0.297. The second-order valence-corrected chi connectivity index (χ2v) is 13.5. The predicted octanol–water partition coefficient (Wildman–Crippen LogP) is 6.28. The molecule has 1 unspecified atom stereocenters. The molecule has 0 saturated heterocycles. The van der Waals surface area contributed by atoms with Crippen LogP contribution in [0.3, 0.4) is 0 Å². The molecule has 0 aromatic heterocycles. The van der Waals surface area contributed by atoms with Gasteiger partial charge in [-0.1, -0.05) is 90.8 Å². The molecular weight excluding hydrogens is 582 g/mol. The lowest BCUT2D eigenvalue weighted by atomic mass is 10.0. The third kappa shape index (κ3) is 8.60. The molecule has 2 amide bonds. The molecule has 0 radical (unpaired) electrons. The first-order chi connectivity index (χ1) is 21.5. The van der Waals surface area contributed by atoms with E-state index in [1.165, 1.54) is 9.21 Å². The molecule has 45 heavy (non-hydrogen) atoms. The number of hydrogen-bond acceptors (Lipinski definition) is 4. The minimum absolute atomic E-state index is 0.0888. The van der Waals surface area contributed by atoms with Crippen molar-refractivity contribution < 1.29 is 18.0 Å². The van der Waals surface area contributed by atoms with Crippen LogP contribution >= 0.6 is 0 Å². The molecule has 0 aliphatic carbocycles. The summed E-state index contributed by atoms with van der Waals surface area (Å²) in [5, 5.41) is 2.98. The highest BCUT2D eigenvalue weighted by Gasteiger charge is 2.34. The highest BCUT2D eigenvalue weighted by Crippen LogP contribution is 2.27. The fourth-order valence-electron chi connectivity index (χ4n) is 5.17. The monoisotopic (exact) mass is 625 g/mol. The van der Waals surface area contributed by atoms with Gasteiger partial charge >= 0.3 is 0 Å². The zero-order valence-corrected chi connectivity index (χ0v) is 27.6. The quantitative estimate of drug-likeness (QED) is 0.190. The van der Waals surface area contributed by atoms with Crippen LogP contribution in [-0.2, 0) is 32.6 Å². The molecule has 1 N–H and O–H groups in total. The van der Waals surface area contributed by atoms with E-state index in [1.54, 1.807) is 36.4 Å². The van der Waals surface area contributed by atoms with Crippen molar-refractivity contribution in [2.45, 2.75) is 64.9 Å². The van der Waals surface area contributed by atoms with Gasteiger partial charge in [-0.2, -0.15) is 0 Å². The van der Waals surface area contributed by atoms with E-state index >= 15 is 0 Å². The molecule has 0 heterocycles. The Labute approximate surface area is 268 Å². The van der Waals surface area contributed by atoms with Crippen LogP contribution in [0, 0.1) is 27.7 Å². The average molecular weight is 626 g/mol. The van der Waals surface area contributed by atoms with E-state index in [4.69, 9.17) is 0 Å². The Kier molecular flexibility index (Phi) is 11.2. The van der Waals surface area contributed by atoms with Gasteiger partial charge < -0.3 is 10.2 Å². The highest BCUT2D eigenvalue weighted by atomic mass is 32.2. The van der Waals surface area contributed by atoms with Crippen LogP contribution < -0.4 is 9.62 Å².